The number of rotatable bonds is 2. The molecule has 0 saturated carbocycles. The van der Waals surface area contributed by atoms with E-state index in [9.17, 15) is 9.59 Å². The summed E-state index contributed by atoms with van der Waals surface area (Å²) in [5.74, 6) is -0.0206. The molecule has 0 spiro atoms. The Bertz CT molecular complexity index is 750. The standard InChI is InChI=1S/C17H16N2O2/c1-10-2-5-13(18)9-14(10)17(21)12-3-6-15-11(8-12)4-7-16(20)19-15/h2-3,5-6,8-9H,4,7,18H2,1H3,(H,19,20). The summed E-state index contributed by atoms with van der Waals surface area (Å²) in [6.45, 7) is 1.89. The van der Waals surface area contributed by atoms with Gasteiger partial charge in [0.15, 0.2) is 5.78 Å². The molecule has 0 aliphatic carbocycles. The van der Waals surface area contributed by atoms with Gasteiger partial charge in [-0.2, -0.15) is 0 Å². The Morgan fingerprint density at radius 2 is 1.95 bits per heavy atom. The van der Waals surface area contributed by atoms with Gasteiger partial charge in [-0.25, -0.2) is 0 Å². The Hall–Kier alpha value is -2.62. The van der Waals surface area contributed by atoms with Crippen LogP contribution in [0.5, 0.6) is 0 Å². The number of hydrogen-bond donors (Lipinski definition) is 2. The largest absolute Gasteiger partial charge is 0.399 e. The summed E-state index contributed by atoms with van der Waals surface area (Å²) in [6.07, 6.45) is 1.13. The number of aryl methyl sites for hydroxylation is 2. The van der Waals surface area contributed by atoms with Gasteiger partial charge in [0.25, 0.3) is 0 Å². The molecule has 0 unspecified atom stereocenters. The van der Waals surface area contributed by atoms with Crippen LogP contribution in [0.25, 0.3) is 0 Å². The number of anilines is 2. The van der Waals surface area contributed by atoms with Crippen molar-refractivity contribution in [2.75, 3.05) is 11.1 Å². The second kappa shape index (κ2) is 5.05. The number of amides is 1. The van der Waals surface area contributed by atoms with Crippen LogP contribution < -0.4 is 11.1 Å². The average Bonchev–Trinajstić information content (AvgIpc) is 2.48. The number of carbonyl (C=O) groups excluding carboxylic acids is 2. The molecule has 106 valence electrons. The molecule has 1 aliphatic heterocycles. The number of fused-ring (bicyclic) bond motifs is 1. The molecule has 21 heavy (non-hydrogen) atoms. The van der Waals surface area contributed by atoms with Crippen molar-refractivity contribution in [1.82, 2.24) is 0 Å². The summed E-state index contributed by atoms with van der Waals surface area (Å²) in [5, 5.41) is 2.82. The van der Waals surface area contributed by atoms with E-state index in [1.807, 2.05) is 19.1 Å². The van der Waals surface area contributed by atoms with Crippen LogP contribution in [0.1, 0.15) is 33.5 Å². The lowest BCUT2D eigenvalue weighted by Gasteiger charge is -2.17. The first-order valence-electron chi connectivity index (χ1n) is 6.88. The summed E-state index contributed by atoms with van der Waals surface area (Å²) >= 11 is 0. The maximum absolute atomic E-state index is 12.6. The summed E-state index contributed by atoms with van der Waals surface area (Å²) in [7, 11) is 0. The number of hydrogen-bond acceptors (Lipinski definition) is 3. The van der Waals surface area contributed by atoms with Crippen molar-refractivity contribution in [1.29, 1.82) is 0 Å². The Kier molecular flexibility index (Phi) is 3.22. The second-order valence-corrected chi connectivity index (χ2v) is 5.32. The van der Waals surface area contributed by atoms with Gasteiger partial charge in [0.2, 0.25) is 5.91 Å². The molecule has 0 atom stereocenters. The highest BCUT2D eigenvalue weighted by atomic mass is 16.1. The van der Waals surface area contributed by atoms with Crippen molar-refractivity contribution in [3.8, 4) is 0 Å². The lowest BCUT2D eigenvalue weighted by molar-refractivity contribution is -0.116. The van der Waals surface area contributed by atoms with Crippen LogP contribution in [-0.2, 0) is 11.2 Å². The Balaban J connectivity index is 1.99. The van der Waals surface area contributed by atoms with E-state index in [2.05, 4.69) is 5.32 Å². The van der Waals surface area contributed by atoms with E-state index in [0.29, 0.717) is 29.7 Å². The molecule has 2 aromatic rings. The first-order valence-corrected chi connectivity index (χ1v) is 6.88. The van der Waals surface area contributed by atoms with E-state index >= 15 is 0 Å². The van der Waals surface area contributed by atoms with Crippen LogP contribution in [0.2, 0.25) is 0 Å². The van der Waals surface area contributed by atoms with Crippen LogP contribution in [0.15, 0.2) is 36.4 Å². The summed E-state index contributed by atoms with van der Waals surface area (Å²) < 4.78 is 0. The molecule has 0 bridgehead atoms. The number of ketones is 1. The Morgan fingerprint density at radius 3 is 2.76 bits per heavy atom. The van der Waals surface area contributed by atoms with Gasteiger partial charge in [0.1, 0.15) is 0 Å². The fourth-order valence-corrected chi connectivity index (χ4v) is 2.56. The van der Waals surface area contributed by atoms with Gasteiger partial charge in [-0.15, -0.1) is 0 Å². The minimum Gasteiger partial charge on any atom is -0.399 e. The predicted molar refractivity (Wildman–Crippen MR) is 82.4 cm³/mol. The normalized spacial score (nSPS) is 13.5. The topological polar surface area (TPSA) is 72.2 Å². The number of nitrogen functional groups attached to an aromatic ring is 1. The molecule has 3 N–H and O–H groups in total. The minimum absolute atomic E-state index is 0.0215. The molecule has 3 rings (SSSR count). The van der Waals surface area contributed by atoms with Crippen LogP contribution in [0.3, 0.4) is 0 Å². The second-order valence-electron chi connectivity index (χ2n) is 5.32. The van der Waals surface area contributed by atoms with Gasteiger partial charge in [0, 0.05) is 28.9 Å². The van der Waals surface area contributed by atoms with E-state index in [0.717, 1.165) is 16.8 Å². The number of benzene rings is 2. The summed E-state index contributed by atoms with van der Waals surface area (Å²) in [4.78, 5) is 24.0. The van der Waals surface area contributed by atoms with Gasteiger partial charge in [-0.1, -0.05) is 6.07 Å². The molecule has 4 heteroatoms. The van der Waals surface area contributed by atoms with E-state index in [-0.39, 0.29) is 11.7 Å². The van der Waals surface area contributed by atoms with Crippen molar-refractivity contribution < 1.29 is 9.59 Å². The summed E-state index contributed by atoms with van der Waals surface area (Å²) in [5.41, 5.74) is 10.3. The third-order valence-corrected chi connectivity index (χ3v) is 3.77. The fourth-order valence-electron chi connectivity index (χ4n) is 2.56. The Labute approximate surface area is 123 Å². The lowest BCUT2D eigenvalue weighted by Crippen LogP contribution is -2.19. The van der Waals surface area contributed by atoms with Crippen molar-refractivity contribution in [2.24, 2.45) is 0 Å². The van der Waals surface area contributed by atoms with Crippen molar-refractivity contribution in [2.45, 2.75) is 19.8 Å². The summed E-state index contributed by atoms with van der Waals surface area (Å²) in [6, 6.07) is 10.7. The zero-order valence-electron chi connectivity index (χ0n) is 11.8. The maximum atomic E-state index is 12.6. The van der Waals surface area contributed by atoms with Gasteiger partial charge in [-0.05, 0) is 54.8 Å². The van der Waals surface area contributed by atoms with Gasteiger partial charge in [0.05, 0.1) is 0 Å². The van der Waals surface area contributed by atoms with Crippen LogP contribution in [0, 0.1) is 6.92 Å². The van der Waals surface area contributed by atoms with E-state index in [4.69, 9.17) is 5.73 Å². The molecular weight excluding hydrogens is 264 g/mol. The van der Waals surface area contributed by atoms with Gasteiger partial charge >= 0.3 is 0 Å². The highest BCUT2D eigenvalue weighted by Gasteiger charge is 2.18. The third kappa shape index (κ3) is 2.52. The first-order chi connectivity index (χ1) is 10.0. The smallest absolute Gasteiger partial charge is 0.224 e. The minimum atomic E-state index is -0.0421. The zero-order valence-corrected chi connectivity index (χ0v) is 11.8. The number of nitrogens with two attached hydrogens (primary N) is 1. The number of nitrogens with one attached hydrogen (secondary N) is 1. The molecule has 2 aromatic carbocycles. The molecule has 1 heterocycles. The highest BCUT2D eigenvalue weighted by molar-refractivity contribution is 6.11. The monoisotopic (exact) mass is 280 g/mol. The molecule has 0 aromatic heterocycles. The molecule has 0 radical (unpaired) electrons. The highest BCUT2D eigenvalue weighted by Crippen LogP contribution is 2.25. The van der Waals surface area contributed by atoms with E-state index < -0.39 is 0 Å². The van der Waals surface area contributed by atoms with Crippen molar-refractivity contribution in [3.63, 3.8) is 0 Å². The van der Waals surface area contributed by atoms with Crippen molar-refractivity contribution >= 4 is 23.1 Å². The molecule has 0 saturated heterocycles. The quantitative estimate of drug-likeness (QED) is 0.656. The average molecular weight is 280 g/mol. The molecular formula is C17H16N2O2. The predicted octanol–water partition coefficient (Wildman–Crippen LogP) is 2.69. The Morgan fingerprint density at radius 1 is 1.14 bits per heavy atom. The third-order valence-electron chi connectivity index (χ3n) is 3.77. The van der Waals surface area contributed by atoms with Gasteiger partial charge in [-0.3, -0.25) is 9.59 Å². The SMILES string of the molecule is Cc1ccc(N)cc1C(=O)c1ccc2c(c1)CCC(=O)N2. The zero-order chi connectivity index (χ0) is 15.0. The van der Waals surface area contributed by atoms with Gasteiger partial charge < -0.3 is 11.1 Å². The lowest BCUT2D eigenvalue weighted by atomic mass is 9.94. The van der Waals surface area contributed by atoms with E-state index in [1.165, 1.54) is 0 Å². The van der Waals surface area contributed by atoms with Crippen LogP contribution >= 0.6 is 0 Å². The van der Waals surface area contributed by atoms with Crippen LogP contribution in [0.4, 0.5) is 11.4 Å². The number of carbonyl (C=O) groups is 2. The van der Waals surface area contributed by atoms with Crippen LogP contribution in [-0.4, -0.2) is 11.7 Å². The first kappa shape index (κ1) is 13.4. The molecule has 1 amide bonds. The molecule has 4 nitrogen and oxygen atoms in total. The van der Waals surface area contributed by atoms with E-state index in [1.54, 1.807) is 24.3 Å². The van der Waals surface area contributed by atoms with Crippen molar-refractivity contribution in [3.05, 3.63) is 58.7 Å². The fraction of sp³-hybridized carbons (Fsp3) is 0.176. The maximum Gasteiger partial charge on any atom is 0.224 e. The molecule has 0 fully saturated rings. The molecule has 1 aliphatic rings.